The minimum Gasteiger partial charge on any atom is -0.461 e. The molecular formula is C17H17BrO2. The van der Waals surface area contributed by atoms with Crippen molar-refractivity contribution >= 4 is 21.9 Å². The molecule has 0 saturated heterocycles. The maximum Gasteiger partial charge on any atom is 0.310 e. The number of rotatable bonds is 5. The predicted molar refractivity (Wildman–Crippen MR) is 83.5 cm³/mol. The summed E-state index contributed by atoms with van der Waals surface area (Å²) >= 11 is 3.45. The van der Waals surface area contributed by atoms with E-state index in [4.69, 9.17) is 4.74 Å². The van der Waals surface area contributed by atoms with E-state index in [-0.39, 0.29) is 5.97 Å². The Morgan fingerprint density at radius 3 is 2.55 bits per heavy atom. The Morgan fingerprint density at radius 1 is 1.10 bits per heavy atom. The van der Waals surface area contributed by atoms with Gasteiger partial charge in [0, 0.05) is 4.47 Å². The summed E-state index contributed by atoms with van der Waals surface area (Å²) in [6.07, 6.45) is 1.23. The summed E-state index contributed by atoms with van der Waals surface area (Å²) in [7, 11) is 0. The number of carbonyl (C=O) groups excluding carboxylic acids is 1. The van der Waals surface area contributed by atoms with Gasteiger partial charge in [-0.05, 0) is 35.2 Å². The number of ether oxygens (including phenoxy) is 1. The number of esters is 1. The van der Waals surface area contributed by atoms with E-state index < -0.39 is 0 Å². The summed E-state index contributed by atoms with van der Waals surface area (Å²) in [5, 5.41) is 0. The number of hydrogen-bond acceptors (Lipinski definition) is 2. The Bertz CT molecular complexity index is 579. The molecule has 0 spiro atoms. The zero-order valence-corrected chi connectivity index (χ0v) is 13.0. The van der Waals surface area contributed by atoms with E-state index in [0.29, 0.717) is 13.0 Å². The van der Waals surface area contributed by atoms with Gasteiger partial charge in [-0.25, -0.2) is 0 Å². The second-order valence-electron chi connectivity index (χ2n) is 4.59. The molecule has 0 radical (unpaired) electrons. The van der Waals surface area contributed by atoms with Crippen molar-refractivity contribution in [3.05, 3.63) is 69.7 Å². The lowest BCUT2D eigenvalue weighted by molar-refractivity contribution is -0.144. The first-order valence-corrected chi connectivity index (χ1v) is 7.45. The molecule has 0 N–H and O–H groups in total. The Kier molecular flexibility index (Phi) is 5.36. The largest absolute Gasteiger partial charge is 0.461 e. The number of benzene rings is 2. The molecule has 0 aromatic heterocycles. The topological polar surface area (TPSA) is 26.3 Å². The lowest BCUT2D eigenvalue weighted by Crippen LogP contribution is -2.09. The van der Waals surface area contributed by atoms with Gasteiger partial charge in [0.1, 0.15) is 6.61 Å². The fourth-order valence-electron chi connectivity index (χ4n) is 2.04. The van der Waals surface area contributed by atoms with Gasteiger partial charge < -0.3 is 4.74 Å². The summed E-state index contributed by atoms with van der Waals surface area (Å²) in [5.41, 5.74) is 3.22. The van der Waals surface area contributed by atoms with Crippen molar-refractivity contribution in [2.75, 3.05) is 0 Å². The Hall–Kier alpha value is -1.61. The van der Waals surface area contributed by atoms with Gasteiger partial charge in [-0.2, -0.15) is 0 Å². The number of carbonyl (C=O) groups is 1. The van der Waals surface area contributed by atoms with Crippen LogP contribution in [0.25, 0.3) is 0 Å². The van der Waals surface area contributed by atoms with Crippen LogP contribution in [-0.4, -0.2) is 5.97 Å². The smallest absolute Gasteiger partial charge is 0.310 e. The van der Waals surface area contributed by atoms with Crippen molar-refractivity contribution in [3.8, 4) is 0 Å². The third-order valence-electron chi connectivity index (χ3n) is 3.13. The molecule has 0 aliphatic rings. The Morgan fingerprint density at radius 2 is 1.85 bits per heavy atom. The molecule has 2 nitrogen and oxygen atoms in total. The van der Waals surface area contributed by atoms with Crippen molar-refractivity contribution in [3.63, 3.8) is 0 Å². The second kappa shape index (κ2) is 7.25. The van der Waals surface area contributed by atoms with Crippen molar-refractivity contribution < 1.29 is 9.53 Å². The lowest BCUT2D eigenvalue weighted by atomic mass is 10.0. The number of halogens is 1. The molecule has 2 aromatic carbocycles. The monoisotopic (exact) mass is 332 g/mol. The first kappa shape index (κ1) is 14.8. The molecular weight excluding hydrogens is 316 g/mol. The van der Waals surface area contributed by atoms with Gasteiger partial charge in [-0.15, -0.1) is 0 Å². The molecule has 0 bridgehead atoms. The van der Waals surface area contributed by atoms with Crippen LogP contribution in [0.15, 0.2) is 53.0 Å². The third-order valence-corrected chi connectivity index (χ3v) is 3.62. The Balaban J connectivity index is 1.95. The van der Waals surface area contributed by atoms with Crippen molar-refractivity contribution in [2.24, 2.45) is 0 Å². The molecule has 0 saturated carbocycles. The van der Waals surface area contributed by atoms with E-state index in [1.807, 2.05) is 42.5 Å². The SMILES string of the molecule is CCc1cc(Br)ccc1CC(=O)OCc1ccccc1. The van der Waals surface area contributed by atoms with Gasteiger partial charge in [-0.3, -0.25) is 4.79 Å². The molecule has 0 unspecified atom stereocenters. The molecule has 0 aliphatic heterocycles. The van der Waals surface area contributed by atoms with E-state index in [1.54, 1.807) is 0 Å². The minimum absolute atomic E-state index is 0.189. The number of aryl methyl sites for hydroxylation is 1. The maximum atomic E-state index is 11.9. The molecule has 0 aliphatic carbocycles. The van der Waals surface area contributed by atoms with Gasteiger partial charge in [0.2, 0.25) is 0 Å². The van der Waals surface area contributed by atoms with Gasteiger partial charge in [-0.1, -0.05) is 59.3 Å². The second-order valence-corrected chi connectivity index (χ2v) is 5.51. The van der Waals surface area contributed by atoms with E-state index in [2.05, 4.69) is 28.9 Å². The summed E-state index contributed by atoms with van der Waals surface area (Å²) in [5.74, 6) is -0.189. The van der Waals surface area contributed by atoms with Crippen LogP contribution in [0.1, 0.15) is 23.6 Å². The van der Waals surface area contributed by atoms with Gasteiger partial charge in [0.05, 0.1) is 6.42 Å². The standard InChI is InChI=1S/C17H17BrO2/c1-2-14-10-16(18)9-8-15(14)11-17(19)20-12-13-6-4-3-5-7-13/h3-10H,2,11-12H2,1H3. The Labute approximate surface area is 127 Å². The van der Waals surface area contributed by atoms with E-state index in [9.17, 15) is 4.79 Å². The fourth-order valence-corrected chi connectivity index (χ4v) is 2.45. The minimum atomic E-state index is -0.189. The molecule has 0 fully saturated rings. The zero-order chi connectivity index (χ0) is 14.4. The van der Waals surface area contributed by atoms with E-state index in [1.165, 1.54) is 5.56 Å². The highest BCUT2D eigenvalue weighted by atomic mass is 79.9. The average molecular weight is 333 g/mol. The fraction of sp³-hybridized carbons (Fsp3) is 0.235. The predicted octanol–water partition coefficient (Wildman–Crippen LogP) is 4.30. The molecule has 2 rings (SSSR count). The summed E-state index contributed by atoms with van der Waals surface area (Å²) < 4.78 is 6.35. The molecule has 2 aromatic rings. The van der Waals surface area contributed by atoms with Gasteiger partial charge >= 0.3 is 5.97 Å². The van der Waals surface area contributed by atoms with Crippen LogP contribution in [0.3, 0.4) is 0 Å². The van der Waals surface area contributed by atoms with Crippen LogP contribution in [0.2, 0.25) is 0 Å². The van der Waals surface area contributed by atoms with Crippen LogP contribution in [0, 0.1) is 0 Å². The summed E-state index contributed by atoms with van der Waals surface area (Å²) in [4.78, 5) is 11.9. The molecule has 20 heavy (non-hydrogen) atoms. The summed E-state index contributed by atoms with van der Waals surface area (Å²) in [6, 6.07) is 15.7. The molecule has 0 amide bonds. The zero-order valence-electron chi connectivity index (χ0n) is 11.4. The van der Waals surface area contributed by atoms with Crippen LogP contribution in [0.5, 0.6) is 0 Å². The normalized spacial score (nSPS) is 10.3. The van der Waals surface area contributed by atoms with Gasteiger partial charge in [0.25, 0.3) is 0 Å². The van der Waals surface area contributed by atoms with Crippen molar-refractivity contribution in [1.82, 2.24) is 0 Å². The lowest BCUT2D eigenvalue weighted by Gasteiger charge is -2.09. The molecule has 0 heterocycles. The molecule has 104 valence electrons. The van der Waals surface area contributed by atoms with Crippen molar-refractivity contribution in [1.29, 1.82) is 0 Å². The third kappa shape index (κ3) is 4.20. The van der Waals surface area contributed by atoms with E-state index in [0.717, 1.165) is 22.0 Å². The van der Waals surface area contributed by atoms with E-state index >= 15 is 0 Å². The van der Waals surface area contributed by atoms with Gasteiger partial charge in [0.15, 0.2) is 0 Å². The molecule has 3 heteroatoms. The van der Waals surface area contributed by atoms with Crippen molar-refractivity contribution in [2.45, 2.75) is 26.4 Å². The maximum absolute atomic E-state index is 11.9. The first-order valence-electron chi connectivity index (χ1n) is 6.66. The summed E-state index contributed by atoms with van der Waals surface area (Å²) in [6.45, 7) is 2.41. The highest BCUT2D eigenvalue weighted by Crippen LogP contribution is 2.18. The quantitative estimate of drug-likeness (QED) is 0.763. The average Bonchev–Trinajstić information content (AvgIpc) is 2.48. The highest BCUT2D eigenvalue weighted by Gasteiger charge is 2.09. The number of hydrogen-bond donors (Lipinski definition) is 0. The van der Waals surface area contributed by atoms with Crippen LogP contribution in [0.4, 0.5) is 0 Å². The van der Waals surface area contributed by atoms with Crippen LogP contribution < -0.4 is 0 Å². The highest BCUT2D eigenvalue weighted by molar-refractivity contribution is 9.10. The molecule has 0 atom stereocenters. The first-order chi connectivity index (χ1) is 9.69. The van der Waals surface area contributed by atoms with Crippen LogP contribution >= 0.6 is 15.9 Å². The van der Waals surface area contributed by atoms with Crippen LogP contribution in [-0.2, 0) is 29.0 Å².